The van der Waals surface area contributed by atoms with Gasteiger partial charge in [0.1, 0.15) is 0 Å². The zero-order chi connectivity index (χ0) is 17.2. The summed E-state index contributed by atoms with van der Waals surface area (Å²) < 4.78 is 25.3. The molecule has 0 aliphatic carbocycles. The van der Waals surface area contributed by atoms with Crippen molar-refractivity contribution >= 4 is 28.2 Å². The molecule has 1 aromatic rings. The first-order chi connectivity index (χ1) is 10.7. The predicted molar refractivity (Wildman–Crippen MR) is 96.1 cm³/mol. The topological polar surface area (TPSA) is 84.3 Å². The minimum Gasteiger partial charge on any atom is -0.342 e. The van der Waals surface area contributed by atoms with Crippen LogP contribution < -0.4 is 5.32 Å². The molecule has 1 aromatic heterocycles. The number of hydrogen-bond donors (Lipinski definition) is 1. The van der Waals surface area contributed by atoms with Crippen LogP contribution in [-0.4, -0.2) is 66.7 Å². The van der Waals surface area contributed by atoms with E-state index in [2.05, 4.69) is 10.4 Å². The number of rotatable bonds is 6. The number of aromatic nitrogens is 2. The van der Waals surface area contributed by atoms with E-state index in [9.17, 15) is 13.2 Å². The fourth-order valence-electron chi connectivity index (χ4n) is 3.00. The van der Waals surface area contributed by atoms with E-state index >= 15 is 0 Å². The van der Waals surface area contributed by atoms with Crippen molar-refractivity contribution in [1.82, 2.24) is 20.0 Å². The molecule has 24 heavy (non-hydrogen) atoms. The summed E-state index contributed by atoms with van der Waals surface area (Å²) in [4.78, 5) is 14.4. The lowest BCUT2D eigenvalue weighted by Crippen LogP contribution is -2.44. The van der Waals surface area contributed by atoms with Gasteiger partial charge in [-0.2, -0.15) is 5.10 Å². The first-order valence-electron chi connectivity index (χ1n) is 7.91. The van der Waals surface area contributed by atoms with Crippen molar-refractivity contribution in [3.63, 3.8) is 0 Å². The Balaban J connectivity index is 0.00000288. The molecule has 1 fully saturated rings. The van der Waals surface area contributed by atoms with Gasteiger partial charge in [0.2, 0.25) is 5.91 Å². The Morgan fingerprint density at radius 2 is 2.17 bits per heavy atom. The molecule has 0 bridgehead atoms. The van der Waals surface area contributed by atoms with Crippen molar-refractivity contribution in [2.75, 3.05) is 31.6 Å². The zero-order valence-corrected chi connectivity index (χ0v) is 16.2. The van der Waals surface area contributed by atoms with Crippen LogP contribution >= 0.6 is 12.4 Å². The fraction of sp³-hybridized carbons (Fsp3) is 0.733. The number of amides is 1. The van der Waals surface area contributed by atoms with Gasteiger partial charge in [0.15, 0.2) is 9.84 Å². The third-order valence-electron chi connectivity index (χ3n) is 4.63. The van der Waals surface area contributed by atoms with Crippen molar-refractivity contribution < 1.29 is 13.2 Å². The number of hydrogen-bond acceptors (Lipinski definition) is 5. The average Bonchev–Trinajstić information content (AvgIpc) is 3.13. The minimum absolute atomic E-state index is 0. The van der Waals surface area contributed by atoms with Crippen LogP contribution in [0.1, 0.15) is 25.3 Å². The number of sulfone groups is 1. The average molecular weight is 379 g/mol. The van der Waals surface area contributed by atoms with Gasteiger partial charge in [-0.05, 0) is 12.5 Å². The van der Waals surface area contributed by atoms with Crippen molar-refractivity contribution in [2.45, 2.75) is 25.8 Å². The van der Waals surface area contributed by atoms with Crippen molar-refractivity contribution in [1.29, 1.82) is 0 Å². The third-order valence-corrected chi connectivity index (χ3v) is 6.50. The van der Waals surface area contributed by atoms with Gasteiger partial charge in [-0.3, -0.25) is 9.48 Å². The number of nitrogens with one attached hydrogen (secondary N) is 1. The Bertz CT molecular complexity index is 661. The van der Waals surface area contributed by atoms with Crippen LogP contribution in [0.15, 0.2) is 12.4 Å². The van der Waals surface area contributed by atoms with E-state index in [1.807, 2.05) is 13.2 Å². The lowest BCUT2D eigenvalue weighted by molar-refractivity contribution is -0.135. The second-order valence-corrected chi connectivity index (χ2v) is 8.71. The molecular weight excluding hydrogens is 352 g/mol. The quantitative estimate of drug-likeness (QED) is 0.775. The van der Waals surface area contributed by atoms with Crippen LogP contribution in [0.4, 0.5) is 0 Å². The van der Waals surface area contributed by atoms with Gasteiger partial charge >= 0.3 is 0 Å². The molecule has 7 nitrogen and oxygen atoms in total. The second-order valence-electron chi connectivity index (χ2n) is 6.32. The lowest BCUT2D eigenvalue weighted by Gasteiger charge is -2.29. The first-order valence-corrected chi connectivity index (χ1v) is 9.73. The number of halogens is 1. The number of nitrogens with zero attached hydrogens (tertiary/aromatic N) is 3. The molecule has 0 spiro atoms. The van der Waals surface area contributed by atoms with Gasteiger partial charge < -0.3 is 10.2 Å². The first kappa shape index (κ1) is 20.9. The Kier molecular flexibility index (Phi) is 7.25. The monoisotopic (exact) mass is 378 g/mol. The Morgan fingerprint density at radius 3 is 2.71 bits per heavy atom. The fourth-order valence-corrected chi connectivity index (χ4v) is 4.19. The van der Waals surface area contributed by atoms with Crippen LogP contribution in [-0.2, 0) is 21.7 Å². The Morgan fingerprint density at radius 1 is 1.50 bits per heavy atom. The van der Waals surface area contributed by atoms with Gasteiger partial charge in [-0.15, -0.1) is 12.4 Å². The minimum atomic E-state index is -3.11. The van der Waals surface area contributed by atoms with Gasteiger partial charge in [0, 0.05) is 51.1 Å². The van der Waals surface area contributed by atoms with Crippen molar-refractivity contribution in [2.24, 2.45) is 13.0 Å². The summed E-state index contributed by atoms with van der Waals surface area (Å²) in [7, 11) is 0.439. The van der Waals surface area contributed by atoms with Crippen molar-refractivity contribution in [3.8, 4) is 0 Å². The maximum absolute atomic E-state index is 12.8. The summed E-state index contributed by atoms with van der Waals surface area (Å²) in [5, 5.41) is 7.44. The highest BCUT2D eigenvalue weighted by Gasteiger charge is 2.37. The number of carbonyl (C=O) groups is 1. The largest absolute Gasteiger partial charge is 0.342 e. The molecule has 2 heterocycles. The third kappa shape index (κ3) is 4.70. The maximum Gasteiger partial charge on any atom is 0.227 e. The molecule has 0 aromatic carbocycles. The Labute approximate surface area is 150 Å². The van der Waals surface area contributed by atoms with E-state index < -0.39 is 9.84 Å². The van der Waals surface area contributed by atoms with E-state index in [0.717, 1.165) is 12.1 Å². The van der Waals surface area contributed by atoms with Crippen LogP contribution in [0.5, 0.6) is 0 Å². The molecular formula is C15H27ClN4O3S. The highest BCUT2D eigenvalue weighted by Crippen LogP contribution is 2.29. The van der Waals surface area contributed by atoms with Gasteiger partial charge in [-0.25, -0.2) is 8.42 Å². The van der Waals surface area contributed by atoms with Gasteiger partial charge in [-0.1, -0.05) is 6.92 Å². The van der Waals surface area contributed by atoms with E-state index in [1.165, 1.54) is 0 Å². The molecule has 0 saturated carbocycles. The van der Waals surface area contributed by atoms with Crippen molar-refractivity contribution in [3.05, 3.63) is 18.0 Å². The molecule has 138 valence electrons. The van der Waals surface area contributed by atoms with Crippen LogP contribution in [0.25, 0.3) is 0 Å². The molecule has 1 saturated heterocycles. The smallest absolute Gasteiger partial charge is 0.227 e. The maximum atomic E-state index is 12.8. The Hall–Kier alpha value is -1.12. The second kappa shape index (κ2) is 8.31. The molecule has 0 radical (unpaired) electrons. The summed E-state index contributed by atoms with van der Waals surface area (Å²) in [5.74, 6) is -0.0150. The van der Waals surface area contributed by atoms with E-state index in [4.69, 9.17) is 0 Å². The van der Waals surface area contributed by atoms with E-state index in [1.54, 1.807) is 36.7 Å². The van der Waals surface area contributed by atoms with Gasteiger partial charge in [0.25, 0.3) is 0 Å². The molecule has 1 unspecified atom stereocenters. The van der Waals surface area contributed by atoms with Crippen LogP contribution in [0.2, 0.25) is 0 Å². The normalized spacial score (nSPS) is 22.0. The molecule has 3 atom stereocenters. The highest BCUT2D eigenvalue weighted by molar-refractivity contribution is 7.91. The summed E-state index contributed by atoms with van der Waals surface area (Å²) in [6.07, 6.45) is 3.73. The lowest BCUT2D eigenvalue weighted by atomic mass is 9.89. The highest BCUT2D eigenvalue weighted by atomic mass is 35.5. The van der Waals surface area contributed by atoms with Gasteiger partial charge in [0.05, 0.1) is 17.9 Å². The van der Waals surface area contributed by atoms with Crippen LogP contribution in [0, 0.1) is 5.92 Å². The molecule has 1 aliphatic heterocycles. The van der Waals surface area contributed by atoms with E-state index in [-0.39, 0.29) is 47.7 Å². The number of aryl methyl sites for hydroxylation is 1. The molecule has 9 heteroatoms. The summed E-state index contributed by atoms with van der Waals surface area (Å²) in [6.45, 7) is 4.75. The standard InChI is InChI=1S/C15H26N4O3S.ClH/c1-5-23(21,22)10-11(2)19(4)15(20)14-8-16-7-13(14)12-6-17-18(3)9-12;/h6,9,11,13-14,16H,5,7-8,10H2,1-4H3;1H/t11?,13-,14+;/m1./s1. The summed E-state index contributed by atoms with van der Waals surface area (Å²) >= 11 is 0. The molecule has 2 rings (SSSR count). The molecule has 1 aliphatic rings. The number of carbonyl (C=O) groups excluding carboxylic acids is 1. The zero-order valence-electron chi connectivity index (χ0n) is 14.6. The summed E-state index contributed by atoms with van der Waals surface area (Å²) in [5.41, 5.74) is 1.04. The predicted octanol–water partition coefficient (Wildman–Crippen LogP) is 0.427. The van der Waals surface area contributed by atoms with E-state index in [0.29, 0.717) is 6.54 Å². The van der Waals surface area contributed by atoms with Crippen LogP contribution in [0.3, 0.4) is 0 Å². The summed E-state index contributed by atoms with van der Waals surface area (Å²) in [6, 6.07) is -0.331. The molecule has 1 amide bonds. The molecule has 1 N–H and O–H groups in total. The SMILES string of the molecule is CCS(=O)(=O)CC(C)N(C)C(=O)[C@H]1CNC[C@@H]1c1cnn(C)c1.Cl.